The molecule has 2 fully saturated rings. The third kappa shape index (κ3) is 3.99. The molecule has 34 heavy (non-hydrogen) atoms. The normalized spacial score (nSPS) is 18.7. The maximum absolute atomic E-state index is 15.2. The SMILES string of the molecule is Cn1cc(Cn2c(=O)c3cc(S(=O)(=O)NC4(C)CC4)c(F)cc3n(CC3(C)COC3)c2=O)cn1. The highest BCUT2D eigenvalue weighted by Gasteiger charge is 2.42. The highest BCUT2D eigenvalue weighted by molar-refractivity contribution is 7.89. The Labute approximate surface area is 195 Å². The number of benzene rings is 1. The standard InChI is InChI=1S/C22H26FN5O5S/c1-21(12-33-13-21)11-28-17-7-16(23)18(34(31,32)25-22(2)4-5-22)6-15(17)19(29)27(20(28)30)10-14-8-24-26(3)9-14/h6-9,25H,4-5,10-13H2,1-3H3. The zero-order valence-corrected chi connectivity index (χ0v) is 20.0. The van der Waals surface area contributed by atoms with Gasteiger partial charge in [0.15, 0.2) is 0 Å². The van der Waals surface area contributed by atoms with Gasteiger partial charge in [-0.05, 0) is 31.9 Å². The minimum absolute atomic E-state index is 0.0462. The molecule has 0 spiro atoms. The average Bonchev–Trinajstić information content (AvgIpc) is 3.30. The Morgan fingerprint density at radius 2 is 1.88 bits per heavy atom. The number of ether oxygens (including phenoxy) is 1. The van der Waals surface area contributed by atoms with Crippen molar-refractivity contribution in [2.24, 2.45) is 12.5 Å². The Morgan fingerprint density at radius 1 is 1.18 bits per heavy atom. The van der Waals surface area contributed by atoms with Gasteiger partial charge in [-0.3, -0.25) is 18.6 Å². The summed E-state index contributed by atoms with van der Waals surface area (Å²) >= 11 is 0. The summed E-state index contributed by atoms with van der Waals surface area (Å²) in [5.41, 5.74) is -1.59. The third-order valence-electron chi connectivity index (χ3n) is 6.49. The van der Waals surface area contributed by atoms with Crippen molar-refractivity contribution in [3.8, 4) is 0 Å². The molecule has 1 saturated heterocycles. The van der Waals surface area contributed by atoms with Gasteiger partial charge in [0.25, 0.3) is 5.56 Å². The van der Waals surface area contributed by atoms with E-state index in [0.717, 1.165) is 16.7 Å². The van der Waals surface area contributed by atoms with Crippen molar-refractivity contribution in [3.63, 3.8) is 0 Å². The predicted octanol–water partition coefficient (Wildman–Crippen LogP) is 0.951. The fraction of sp³-hybridized carbons (Fsp3) is 0.500. The Kier molecular flexibility index (Phi) is 5.12. The van der Waals surface area contributed by atoms with Crippen LogP contribution in [0.3, 0.4) is 0 Å². The van der Waals surface area contributed by atoms with E-state index < -0.39 is 37.5 Å². The minimum Gasteiger partial charge on any atom is -0.380 e. The molecule has 0 radical (unpaired) electrons. The predicted molar refractivity (Wildman–Crippen MR) is 122 cm³/mol. The summed E-state index contributed by atoms with van der Waals surface area (Å²) in [5, 5.41) is 4.03. The Morgan fingerprint density at radius 3 is 2.44 bits per heavy atom. The highest BCUT2D eigenvalue weighted by Crippen LogP contribution is 2.36. The van der Waals surface area contributed by atoms with Crippen molar-refractivity contribution < 1.29 is 17.5 Å². The lowest BCUT2D eigenvalue weighted by Gasteiger charge is -2.38. The maximum atomic E-state index is 15.2. The fourth-order valence-electron chi connectivity index (χ4n) is 4.25. The van der Waals surface area contributed by atoms with Gasteiger partial charge >= 0.3 is 5.69 Å². The molecule has 0 atom stereocenters. The summed E-state index contributed by atoms with van der Waals surface area (Å²) in [6.45, 7) is 4.65. The number of nitrogens with one attached hydrogen (secondary N) is 1. The van der Waals surface area contributed by atoms with E-state index in [1.807, 2.05) is 6.92 Å². The summed E-state index contributed by atoms with van der Waals surface area (Å²) in [6.07, 6.45) is 4.53. The molecule has 12 heteroatoms. The summed E-state index contributed by atoms with van der Waals surface area (Å²) in [5.74, 6) is -1.02. The van der Waals surface area contributed by atoms with Crippen molar-refractivity contribution in [1.29, 1.82) is 0 Å². The molecule has 1 saturated carbocycles. The molecule has 10 nitrogen and oxygen atoms in total. The Bertz CT molecular complexity index is 1530. The largest absolute Gasteiger partial charge is 0.380 e. The van der Waals surface area contributed by atoms with Crippen LogP contribution < -0.4 is 16.0 Å². The van der Waals surface area contributed by atoms with Crippen molar-refractivity contribution in [2.75, 3.05) is 13.2 Å². The topological polar surface area (TPSA) is 117 Å². The highest BCUT2D eigenvalue weighted by atomic mass is 32.2. The number of halogens is 1. The third-order valence-corrected chi connectivity index (χ3v) is 8.14. The molecule has 3 aromatic rings. The van der Waals surface area contributed by atoms with Crippen LogP contribution in [0.15, 0.2) is 39.0 Å². The monoisotopic (exact) mass is 491 g/mol. The van der Waals surface area contributed by atoms with Crippen molar-refractivity contribution in [1.82, 2.24) is 23.6 Å². The Balaban J connectivity index is 1.72. The second-order valence-electron chi connectivity index (χ2n) is 10.1. The van der Waals surface area contributed by atoms with Gasteiger partial charge in [-0.1, -0.05) is 6.92 Å². The average molecular weight is 492 g/mol. The first kappa shape index (κ1) is 22.9. The summed E-state index contributed by atoms with van der Waals surface area (Å²) in [7, 11) is -2.49. The van der Waals surface area contributed by atoms with Crippen molar-refractivity contribution in [3.05, 3.63) is 56.7 Å². The van der Waals surface area contributed by atoms with Crippen LogP contribution in [0.5, 0.6) is 0 Å². The van der Waals surface area contributed by atoms with Crippen LogP contribution in [-0.4, -0.2) is 46.1 Å². The lowest BCUT2D eigenvalue weighted by atomic mass is 9.88. The fourth-order valence-corrected chi connectivity index (χ4v) is 5.80. The number of nitrogens with zero attached hydrogens (tertiary/aromatic N) is 4. The number of rotatable bonds is 7. The van der Waals surface area contributed by atoms with Crippen LogP contribution in [0.2, 0.25) is 0 Å². The van der Waals surface area contributed by atoms with E-state index in [9.17, 15) is 18.0 Å². The molecule has 3 heterocycles. The Hall–Kier alpha value is -2.83. The van der Waals surface area contributed by atoms with Crippen LogP contribution >= 0.6 is 0 Å². The zero-order chi connectivity index (χ0) is 24.5. The summed E-state index contributed by atoms with van der Waals surface area (Å²) in [4.78, 5) is 26.2. The van der Waals surface area contributed by atoms with Crippen LogP contribution in [0.4, 0.5) is 4.39 Å². The first-order valence-electron chi connectivity index (χ1n) is 11.0. The quantitative estimate of drug-likeness (QED) is 0.526. The van der Waals surface area contributed by atoms with Gasteiger partial charge in [-0.2, -0.15) is 5.10 Å². The van der Waals surface area contributed by atoms with Gasteiger partial charge in [0.2, 0.25) is 10.0 Å². The van der Waals surface area contributed by atoms with E-state index in [-0.39, 0.29) is 29.4 Å². The number of aromatic nitrogens is 4. The molecule has 0 bridgehead atoms. The second kappa shape index (κ2) is 7.59. The lowest BCUT2D eigenvalue weighted by molar-refractivity contribution is -0.110. The molecule has 1 N–H and O–H groups in total. The van der Waals surface area contributed by atoms with Crippen molar-refractivity contribution >= 4 is 20.9 Å². The van der Waals surface area contributed by atoms with Gasteiger partial charge in [-0.25, -0.2) is 22.3 Å². The molecular formula is C22H26FN5O5S. The summed E-state index contributed by atoms with van der Waals surface area (Å²) < 4.78 is 52.7. The smallest absolute Gasteiger partial charge is 0.331 e. The van der Waals surface area contributed by atoms with Gasteiger partial charge in [0, 0.05) is 36.3 Å². The van der Waals surface area contributed by atoms with E-state index in [1.165, 1.54) is 4.57 Å². The van der Waals surface area contributed by atoms with E-state index in [0.29, 0.717) is 31.6 Å². The van der Waals surface area contributed by atoms with Gasteiger partial charge in [0.05, 0.1) is 36.9 Å². The first-order valence-corrected chi connectivity index (χ1v) is 12.4. The van der Waals surface area contributed by atoms with Crippen LogP contribution in [-0.2, 0) is 34.9 Å². The van der Waals surface area contributed by atoms with E-state index in [2.05, 4.69) is 9.82 Å². The van der Waals surface area contributed by atoms with Crippen LogP contribution in [0.25, 0.3) is 10.9 Å². The molecule has 1 aliphatic heterocycles. The second-order valence-corrected chi connectivity index (χ2v) is 11.7. The van der Waals surface area contributed by atoms with Gasteiger partial charge in [-0.15, -0.1) is 0 Å². The number of hydrogen-bond donors (Lipinski definition) is 1. The van der Waals surface area contributed by atoms with Crippen LogP contribution in [0.1, 0.15) is 32.3 Å². The number of hydrogen-bond acceptors (Lipinski definition) is 6. The van der Waals surface area contributed by atoms with Crippen LogP contribution in [0, 0.1) is 11.2 Å². The molecule has 5 rings (SSSR count). The summed E-state index contributed by atoms with van der Waals surface area (Å²) in [6, 6.07) is 2.01. The number of sulfonamides is 1. The molecule has 0 unspecified atom stereocenters. The minimum atomic E-state index is -4.21. The van der Waals surface area contributed by atoms with E-state index in [1.54, 1.807) is 31.0 Å². The number of aryl methyl sites for hydroxylation is 1. The number of fused-ring (bicyclic) bond motifs is 1. The first-order chi connectivity index (χ1) is 15.9. The van der Waals surface area contributed by atoms with Gasteiger partial charge < -0.3 is 4.74 Å². The molecular weight excluding hydrogens is 465 g/mol. The molecule has 0 amide bonds. The molecule has 2 aromatic heterocycles. The molecule has 2 aliphatic rings. The molecule has 1 aromatic carbocycles. The van der Waals surface area contributed by atoms with E-state index in [4.69, 9.17) is 4.74 Å². The zero-order valence-electron chi connectivity index (χ0n) is 19.2. The maximum Gasteiger partial charge on any atom is 0.331 e. The van der Waals surface area contributed by atoms with Crippen molar-refractivity contribution in [2.45, 2.75) is 50.2 Å². The van der Waals surface area contributed by atoms with E-state index >= 15 is 4.39 Å². The molecule has 182 valence electrons. The molecule has 1 aliphatic carbocycles. The van der Waals surface area contributed by atoms with Gasteiger partial charge in [0.1, 0.15) is 10.7 Å². The lowest BCUT2D eigenvalue weighted by Crippen LogP contribution is -2.48.